The van der Waals surface area contributed by atoms with Gasteiger partial charge in [0.15, 0.2) is 0 Å². The summed E-state index contributed by atoms with van der Waals surface area (Å²) in [7, 11) is 1.67. The molecule has 4 nitrogen and oxygen atoms in total. The molecular formula is C14H21ClN2O2. The first-order valence-electron chi connectivity index (χ1n) is 6.43. The average molecular weight is 285 g/mol. The first-order valence-corrected chi connectivity index (χ1v) is 6.81. The minimum atomic E-state index is 0.0727. The molecule has 0 unspecified atom stereocenters. The van der Waals surface area contributed by atoms with E-state index in [-0.39, 0.29) is 5.91 Å². The molecule has 0 aliphatic heterocycles. The molecule has 0 aliphatic rings. The van der Waals surface area contributed by atoms with E-state index in [1.54, 1.807) is 7.11 Å². The van der Waals surface area contributed by atoms with Gasteiger partial charge in [0.1, 0.15) is 0 Å². The van der Waals surface area contributed by atoms with Crippen LogP contribution in [0.3, 0.4) is 0 Å². The Morgan fingerprint density at radius 3 is 2.63 bits per heavy atom. The Bertz CT molecular complexity index is 368. The summed E-state index contributed by atoms with van der Waals surface area (Å²) in [5, 5.41) is 6.76. The molecule has 0 aliphatic carbocycles. The normalized spacial score (nSPS) is 10.4. The maximum absolute atomic E-state index is 11.6. The van der Waals surface area contributed by atoms with Gasteiger partial charge < -0.3 is 15.4 Å². The molecule has 0 spiro atoms. The Labute approximate surface area is 119 Å². The quantitative estimate of drug-likeness (QED) is 0.678. The molecule has 0 aromatic heterocycles. The topological polar surface area (TPSA) is 50.4 Å². The van der Waals surface area contributed by atoms with Gasteiger partial charge in [-0.2, -0.15) is 0 Å². The predicted molar refractivity (Wildman–Crippen MR) is 77.5 cm³/mol. The van der Waals surface area contributed by atoms with Gasteiger partial charge in [0, 0.05) is 38.2 Å². The van der Waals surface area contributed by atoms with Gasteiger partial charge in [-0.3, -0.25) is 4.79 Å². The van der Waals surface area contributed by atoms with E-state index in [9.17, 15) is 4.79 Å². The molecule has 0 bridgehead atoms. The number of ether oxygens (including phenoxy) is 1. The van der Waals surface area contributed by atoms with Crippen molar-refractivity contribution >= 4 is 17.5 Å². The number of benzene rings is 1. The molecule has 0 radical (unpaired) electrons. The molecule has 0 fully saturated rings. The lowest BCUT2D eigenvalue weighted by molar-refractivity contribution is -0.121. The molecule has 2 N–H and O–H groups in total. The van der Waals surface area contributed by atoms with E-state index in [2.05, 4.69) is 10.6 Å². The Balaban J connectivity index is 2.06. The fraction of sp³-hybridized carbons (Fsp3) is 0.500. The zero-order valence-corrected chi connectivity index (χ0v) is 12.0. The van der Waals surface area contributed by atoms with Gasteiger partial charge in [0.2, 0.25) is 5.91 Å². The highest BCUT2D eigenvalue weighted by atomic mass is 35.5. The van der Waals surface area contributed by atoms with Crippen molar-refractivity contribution in [1.29, 1.82) is 0 Å². The molecule has 1 amide bonds. The highest BCUT2D eigenvalue weighted by Gasteiger charge is 2.01. The molecule has 0 heterocycles. The summed E-state index contributed by atoms with van der Waals surface area (Å²) in [5.74, 6) is 0.0727. The van der Waals surface area contributed by atoms with Crippen molar-refractivity contribution in [2.24, 2.45) is 0 Å². The summed E-state index contributed by atoms with van der Waals surface area (Å²) < 4.78 is 4.91. The van der Waals surface area contributed by atoms with Gasteiger partial charge in [0.05, 0.1) is 6.61 Å². The fourth-order valence-electron chi connectivity index (χ4n) is 1.59. The number of hydrogen-bond acceptors (Lipinski definition) is 3. The third-order valence-electron chi connectivity index (χ3n) is 2.66. The van der Waals surface area contributed by atoms with Crippen LogP contribution in [0, 0.1) is 0 Å². The Morgan fingerprint density at radius 1 is 1.21 bits per heavy atom. The summed E-state index contributed by atoms with van der Waals surface area (Å²) in [4.78, 5) is 11.6. The zero-order valence-electron chi connectivity index (χ0n) is 11.2. The zero-order chi connectivity index (χ0) is 13.9. The number of rotatable bonds is 9. The molecule has 0 atom stereocenters. The largest absolute Gasteiger partial charge is 0.383 e. The molecule has 106 valence electrons. The number of nitrogens with one attached hydrogen (secondary N) is 2. The summed E-state index contributed by atoms with van der Waals surface area (Å²) >= 11 is 5.80. The minimum absolute atomic E-state index is 0.0727. The van der Waals surface area contributed by atoms with E-state index in [0.29, 0.717) is 19.6 Å². The van der Waals surface area contributed by atoms with Crippen LogP contribution in [0.5, 0.6) is 0 Å². The molecule has 1 rings (SSSR count). The number of halogens is 1. The van der Waals surface area contributed by atoms with E-state index in [1.165, 1.54) is 0 Å². The molecule has 0 saturated carbocycles. The van der Waals surface area contributed by atoms with Gasteiger partial charge in [-0.1, -0.05) is 23.7 Å². The van der Waals surface area contributed by atoms with Crippen LogP contribution in [0.4, 0.5) is 0 Å². The summed E-state index contributed by atoms with van der Waals surface area (Å²) in [6, 6.07) is 7.58. The Kier molecular flexibility index (Phi) is 8.21. The molecule has 1 aromatic rings. The van der Waals surface area contributed by atoms with E-state index in [4.69, 9.17) is 16.3 Å². The predicted octanol–water partition coefficient (Wildman–Crippen LogP) is 1.62. The minimum Gasteiger partial charge on any atom is -0.383 e. The van der Waals surface area contributed by atoms with Crippen molar-refractivity contribution in [3.05, 3.63) is 34.9 Å². The van der Waals surface area contributed by atoms with Crippen LogP contribution in [0.25, 0.3) is 0 Å². The monoisotopic (exact) mass is 284 g/mol. The number of methoxy groups -OCH3 is 1. The third-order valence-corrected chi connectivity index (χ3v) is 2.91. The Morgan fingerprint density at radius 2 is 1.95 bits per heavy atom. The molecule has 0 saturated heterocycles. The highest BCUT2D eigenvalue weighted by molar-refractivity contribution is 6.30. The highest BCUT2D eigenvalue weighted by Crippen LogP contribution is 2.10. The van der Waals surface area contributed by atoms with Gasteiger partial charge in [-0.05, 0) is 24.1 Å². The smallest absolute Gasteiger partial charge is 0.220 e. The first kappa shape index (κ1) is 16.0. The standard InChI is InChI=1S/C14H21ClN2O2/c1-19-11-10-16-8-9-17-14(18)7-4-12-2-5-13(15)6-3-12/h2-3,5-6,16H,4,7-11H2,1H3,(H,17,18). The van der Waals surface area contributed by atoms with E-state index < -0.39 is 0 Å². The van der Waals surface area contributed by atoms with E-state index in [0.717, 1.165) is 30.1 Å². The molecule has 19 heavy (non-hydrogen) atoms. The van der Waals surface area contributed by atoms with E-state index >= 15 is 0 Å². The lowest BCUT2D eigenvalue weighted by atomic mass is 10.1. The van der Waals surface area contributed by atoms with Crippen LogP contribution in [-0.4, -0.2) is 39.3 Å². The number of carbonyl (C=O) groups excluding carboxylic acids is 1. The van der Waals surface area contributed by atoms with Crippen molar-refractivity contribution in [3.63, 3.8) is 0 Å². The van der Waals surface area contributed by atoms with Crippen molar-refractivity contribution in [2.45, 2.75) is 12.8 Å². The van der Waals surface area contributed by atoms with Crippen LogP contribution in [0.1, 0.15) is 12.0 Å². The maximum atomic E-state index is 11.6. The second kappa shape index (κ2) is 9.78. The summed E-state index contributed by atoms with van der Waals surface area (Å²) in [5.41, 5.74) is 1.12. The summed E-state index contributed by atoms with van der Waals surface area (Å²) in [6.45, 7) is 2.89. The SMILES string of the molecule is COCCNCCNC(=O)CCc1ccc(Cl)cc1. The molecule has 1 aromatic carbocycles. The van der Waals surface area contributed by atoms with Gasteiger partial charge >= 0.3 is 0 Å². The number of hydrogen-bond donors (Lipinski definition) is 2. The molecule has 5 heteroatoms. The van der Waals surface area contributed by atoms with Crippen LogP contribution in [0.2, 0.25) is 5.02 Å². The first-order chi connectivity index (χ1) is 9.22. The second-order valence-electron chi connectivity index (χ2n) is 4.22. The van der Waals surface area contributed by atoms with Gasteiger partial charge in [-0.25, -0.2) is 0 Å². The van der Waals surface area contributed by atoms with Crippen molar-refractivity contribution in [2.75, 3.05) is 33.4 Å². The van der Waals surface area contributed by atoms with Gasteiger partial charge in [0.25, 0.3) is 0 Å². The second-order valence-corrected chi connectivity index (χ2v) is 4.66. The van der Waals surface area contributed by atoms with Crippen molar-refractivity contribution in [3.8, 4) is 0 Å². The van der Waals surface area contributed by atoms with Crippen LogP contribution in [0.15, 0.2) is 24.3 Å². The number of aryl methyl sites for hydroxylation is 1. The average Bonchev–Trinajstić information content (AvgIpc) is 2.42. The van der Waals surface area contributed by atoms with Crippen molar-refractivity contribution in [1.82, 2.24) is 10.6 Å². The van der Waals surface area contributed by atoms with Crippen LogP contribution >= 0.6 is 11.6 Å². The van der Waals surface area contributed by atoms with Crippen LogP contribution in [-0.2, 0) is 16.0 Å². The maximum Gasteiger partial charge on any atom is 0.220 e. The van der Waals surface area contributed by atoms with Crippen molar-refractivity contribution < 1.29 is 9.53 Å². The number of amides is 1. The van der Waals surface area contributed by atoms with Crippen LogP contribution < -0.4 is 10.6 Å². The lowest BCUT2D eigenvalue weighted by Crippen LogP contribution is -2.33. The fourth-order valence-corrected chi connectivity index (χ4v) is 1.71. The summed E-state index contributed by atoms with van der Waals surface area (Å²) in [6.07, 6.45) is 1.24. The lowest BCUT2D eigenvalue weighted by Gasteiger charge is -2.06. The van der Waals surface area contributed by atoms with Gasteiger partial charge in [-0.15, -0.1) is 0 Å². The van der Waals surface area contributed by atoms with E-state index in [1.807, 2.05) is 24.3 Å². The molecular weight excluding hydrogens is 264 g/mol. The third kappa shape index (κ3) is 7.82. The number of carbonyl (C=O) groups is 1. The Hall–Kier alpha value is -1.10.